The summed E-state index contributed by atoms with van der Waals surface area (Å²) >= 11 is 0. The first-order valence-electron chi connectivity index (χ1n) is 8.05. The molecule has 0 unspecified atom stereocenters. The zero-order valence-corrected chi connectivity index (χ0v) is 14.6. The first-order valence-corrected chi connectivity index (χ1v) is 9.89. The summed E-state index contributed by atoms with van der Waals surface area (Å²) in [7, 11) is -3.76. The second-order valence-electron chi connectivity index (χ2n) is 5.93. The third-order valence-corrected chi connectivity index (χ3v) is 5.09. The zero-order chi connectivity index (χ0) is 17.6. The molecule has 1 N–H and O–H groups in total. The molecule has 1 aliphatic rings. The number of amides is 1. The van der Waals surface area contributed by atoms with E-state index in [0.717, 1.165) is 29.8 Å². The van der Waals surface area contributed by atoms with Gasteiger partial charge in [-0.15, -0.1) is 0 Å². The zero-order valence-electron chi connectivity index (χ0n) is 13.8. The number of nitrogens with zero attached hydrogens (tertiary/aromatic N) is 1. The predicted molar refractivity (Wildman–Crippen MR) is 92.8 cm³/mol. The van der Waals surface area contributed by atoms with Crippen LogP contribution < -0.4 is 9.62 Å². The molecule has 0 fully saturated rings. The number of nitrogens with one attached hydrogen (secondary N) is 1. The molecule has 1 aromatic rings. The summed E-state index contributed by atoms with van der Waals surface area (Å²) in [6.45, 7) is 0.0261. The Morgan fingerprint density at radius 1 is 1.29 bits per heavy atom. The fourth-order valence-corrected chi connectivity index (χ4v) is 3.57. The van der Waals surface area contributed by atoms with Crippen LogP contribution in [0.4, 0.5) is 10.1 Å². The molecule has 0 radical (unpaired) electrons. The number of anilines is 1. The second-order valence-corrected chi connectivity index (χ2v) is 7.84. The van der Waals surface area contributed by atoms with Gasteiger partial charge in [0.2, 0.25) is 15.9 Å². The summed E-state index contributed by atoms with van der Waals surface area (Å²) < 4.78 is 38.5. The average molecular weight is 354 g/mol. The first-order chi connectivity index (χ1) is 11.4. The van der Waals surface area contributed by atoms with E-state index in [9.17, 15) is 17.6 Å². The van der Waals surface area contributed by atoms with Crippen molar-refractivity contribution in [2.45, 2.75) is 32.1 Å². The number of hydrogen-bond acceptors (Lipinski definition) is 3. The Balaban J connectivity index is 1.96. The van der Waals surface area contributed by atoms with E-state index in [2.05, 4.69) is 11.4 Å². The number of carbonyl (C=O) groups excluding carboxylic acids is 1. The summed E-state index contributed by atoms with van der Waals surface area (Å²) in [4.78, 5) is 12.1. The summed E-state index contributed by atoms with van der Waals surface area (Å²) in [6, 6.07) is 5.51. The highest BCUT2D eigenvalue weighted by Gasteiger charge is 2.23. The van der Waals surface area contributed by atoms with Crippen molar-refractivity contribution < 1.29 is 17.6 Å². The maximum absolute atomic E-state index is 13.9. The van der Waals surface area contributed by atoms with E-state index in [0.29, 0.717) is 6.54 Å². The minimum atomic E-state index is -3.76. The van der Waals surface area contributed by atoms with E-state index in [1.54, 1.807) is 0 Å². The lowest BCUT2D eigenvalue weighted by molar-refractivity contribution is -0.119. The summed E-state index contributed by atoms with van der Waals surface area (Å²) in [5, 5.41) is 2.71. The lowest BCUT2D eigenvalue weighted by Crippen LogP contribution is -2.41. The van der Waals surface area contributed by atoms with Gasteiger partial charge in [-0.3, -0.25) is 9.10 Å². The number of rotatable bonds is 7. The van der Waals surface area contributed by atoms with Crippen molar-refractivity contribution in [3.8, 4) is 0 Å². The van der Waals surface area contributed by atoms with E-state index in [1.807, 2.05) is 0 Å². The van der Waals surface area contributed by atoms with E-state index >= 15 is 0 Å². The van der Waals surface area contributed by atoms with Crippen molar-refractivity contribution in [3.63, 3.8) is 0 Å². The molecular formula is C17H23FN2O3S. The van der Waals surface area contributed by atoms with Gasteiger partial charge in [0.15, 0.2) is 0 Å². The lowest BCUT2D eigenvalue weighted by atomic mass is 9.97. The predicted octanol–water partition coefficient (Wildman–Crippen LogP) is 2.60. The number of halogens is 1. The Morgan fingerprint density at radius 3 is 2.67 bits per heavy atom. The van der Waals surface area contributed by atoms with Crippen LogP contribution in [-0.4, -0.2) is 33.7 Å². The fraction of sp³-hybridized carbons (Fsp3) is 0.471. The minimum absolute atomic E-state index is 0.120. The number of carbonyl (C=O) groups is 1. The number of sulfonamides is 1. The van der Waals surface area contributed by atoms with Crippen LogP contribution in [0, 0.1) is 5.82 Å². The van der Waals surface area contributed by atoms with Crippen molar-refractivity contribution >= 4 is 21.6 Å². The van der Waals surface area contributed by atoms with Crippen LogP contribution >= 0.6 is 0 Å². The van der Waals surface area contributed by atoms with Gasteiger partial charge in [-0.25, -0.2) is 12.8 Å². The number of hydrogen-bond donors (Lipinski definition) is 1. The van der Waals surface area contributed by atoms with Crippen LogP contribution in [0.25, 0.3) is 0 Å². The molecule has 5 nitrogen and oxygen atoms in total. The van der Waals surface area contributed by atoms with Gasteiger partial charge >= 0.3 is 0 Å². The van der Waals surface area contributed by atoms with Crippen molar-refractivity contribution in [2.24, 2.45) is 0 Å². The quantitative estimate of drug-likeness (QED) is 0.766. The van der Waals surface area contributed by atoms with Crippen molar-refractivity contribution in [1.82, 2.24) is 5.32 Å². The number of allylic oxidation sites excluding steroid dienone is 1. The molecule has 1 aromatic carbocycles. The van der Waals surface area contributed by atoms with Gasteiger partial charge < -0.3 is 5.32 Å². The van der Waals surface area contributed by atoms with Gasteiger partial charge in [-0.05, 0) is 44.2 Å². The van der Waals surface area contributed by atoms with Gasteiger partial charge in [-0.1, -0.05) is 23.8 Å². The van der Waals surface area contributed by atoms with Crippen LogP contribution in [0.1, 0.15) is 32.1 Å². The maximum atomic E-state index is 13.9. The summed E-state index contributed by atoms with van der Waals surface area (Å²) in [5.74, 6) is -1.12. The Morgan fingerprint density at radius 2 is 2.04 bits per heavy atom. The van der Waals surface area contributed by atoms with Gasteiger partial charge in [0.05, 0.1) is 11.9 Å². The highest BCUT2D eigenvalue weighted by Crippen LogP contribution is 2.21. The Hall–Kier alpha value is -1.89. The molecule has 0 atom stereocenters. The van der Waals surface area contributed by atoms with Crippen molar-refractivity contribution in [1.29, 1.82) is 0 Å². The Labute approximate surface area is 142 Å². The molecule has 24 heavy (non-hydrogen) atoms. The topological polar surface area (TPSA) is 66.5 Å². The molecule has 0 aliphatic heterocycles. The van der Waals surface area contributed by atoms with E-state index in [-0.39, 0.29) is 5.69 Å². The third kappa shape index (κ3) is 5.33. The SMILES string of the molecule is CS(=O)(=O)N(CC(=O)NCCC1=CCCCC1)c1ccccc1F. The van der Waals surface area contributed by atoms with E-state index in [4.69, 9.17) is 0 Å². The standard InChI is InChI=1S/C17H23FN2O3S/c1-24(22,23)20(16-10-6-5-9-15(16)18)13-17(21)19-12-11-14-7-3-2-4-8-14/h5-7,9-10H,2-4,8,11-13H2,1H3,(H,19,21). The van der Waals surface area contributed by atoms with Crippen LogP contribution in [-0.2, 0) is 14.8 Å². The van der Waals surface area contributed by atoms with E-state index in [1.165, 1.54) is 42.7 Å². The summed E-state index contributed by atoms with van der Waals surface area (Å²) in [6.07, 6.45) is 8.46. The maximum Gasteiger partial charge on any atom is 0.240 e. The monoisotopic (exact) mass is 354 g/mol. The van der Waals surface area contributed by atoms with E-state index < -0.39 is 28.3 Å². The fourth-order valence-electron chi connectivity index (χ4n) is 2.72. The molecule has 132 valence electrons. The summed E-state index contributed by atoms with van der Waals surface area (Å²) in [5.41, 5.74) is 1.21. The van der Waals surface area contributed by atoms with Gasteiger partial charge in [0.1, 0.15) is 12.4 Å². The van der Waals surface area contributed by atoms with Crippen LogP contribution in [0.5, 0.6) is 0 Å². The molecule has 1 aliphatic carbocycles. The van der Waals surface area contributed by atoms with Gasteiger partial charge in [0.25, 0.3) is 0 Å². The lowest BCUT2D eigenvalue weighted by Gasteiger charge is -2.22. The number of para-hydroxylation sites is 1. The molecule has 0 saturated carbocycles. The molecule has 0 bridgehead atoms. The number of benzene rings is 1. The molecule has 0 aromatic heterocycles. The second kappa shape index (κ2) is 8.28. The van der Waals surface area contributed by atoms with Gasteiger partial charge in [0, 0.05) is 6.54 Å². The normalized spacial score (nSPS) is 14.8. The Bertz CT molecular complexity index is 716. The average Bonchev–Trinajstić information content (AvgIpc) is 2.53. The molecule has 7 heteroatoms. The highest BCUT2D eigenvalue weighted by atomic mass is 32.2. The molecule has 0 saturated heterocycles. The highest BCUT2D eigenvalue weighted by molar-refractivity contribution is 7.92. The molecule has 2 rings (SSSR count). The minimum Gasteiger partial charge on any atom is -0.354 e. The van der Waals surface area contributed by atoms with Gasteiger partial charge in [-0.2, -0.15) is 0 Å². The molecule has 0 heterocycles. The first kappa shape index (κ1) is 18.4. The Kier molecular flexibility index (Phi) is 6.36. The van der Waals surface area contributed by atoms with Crippen LogP contribution in [0.15, 0.2) is 35.9 Å². The van der Waals surface area contributed by atoms with Crippen molar-refractivity contribution in [2.75, 3.05) is 23.7 Å². The van der Waals surface area contributed by atoms with Crippen LogP contribution in [0.2, 0.25) is 0 Å². The third-order valence-electron chi connectivity index (χ3n) is 3.96. The largest absolute Gasteiger partial charge is 0.354 e. The molecule has 0 spiro atoms. The smallest absolute Gasteiger partial charge is 0.240 e. The van der Waals surface area contributed by atoms with Crippen molar-refractivity contribution in [3.05, 3.63) is 41.7 Å². The van der Waals surface area contributed by atoms with Crippen LogP contribution in [0.3, 0.4) is 0 Å². The molecule has 1 amide bonds. The molecular weight excluding hydrogens is 331 g/mol.